The number of rotatable bonds is 31. The molecule has 0 aromatic rings. The van der Waals surface area contributed by atoms with Gasteiger partial charge in [-0.15, -0.1) is 11.6 Å². The molecule has 0 saturated carbocycles. The molecule has 2 nitrogen and oxygen atoms in total. The van der Waals surface area contributed by atoms with E-state index in [1.54, 1.807) is 0 Å². The van der Waals surface area contributed by atoms with Crippen molar-refractivity contribution in [1.29, 1.82) is 0 Å². The summed E-state index contributed by atoms with van der Waals surface area (Å²) in [4.78, 5) is 10.5. The average molecular weight is 515 g/mol. The van der Waals surface area contributed by atoms with Gasteiger partial charge in [0.2, 0.25) is 0 Å². The Morgan fingerprint density at radius 2 is 0.514 bits per heavy atom. The SMILES string of the molecule is O=C(O)CCCCCCCCCCCCCCCCCCCCCCCCCCCCCCCCl. The molecule has 0 heterocycles. The summed E-state index contributed by atoms with van der Waals surface area (Å²) in [6.45, 7) is 0. The van der Waals surface area contributed by atoms with Gasteiger partial charge in [0.15, 0.2) is 0 Å². The molecule has 0 aliphatic rings. The fraction of sp³-hybridized carbons (Fsp3) is 0.969. The number of carbonyl (C=O) groups is 1. The van der Waals surface area contributed by atoms with Crippen molar-refractivity contribution < 1.29 is 9.90 Å². The minimum Gasteiger partial charge on any atom is -0.481 e. The first-order valence-electron chi connectivity index (χ1n) is 16.0. The summed E-state index contributed by atoms with van der Waals surface area (Å²) in [5, 5.41) is 8.62. The molecule has 0 unspecified atom stereocenters. The zero-order valence-corrected chi connectivity index (χ0v) is 24.4. The van der Waals surface area contributed by atoms with E-state index in [0.717, 1.165) is 18.7 Å². The van der Waals surface area contributed by atoms with Crippen LogP contribution >= 0.6 is 11.6 Å². The Bertz CT molecular complexity index is 399. The quantitative estimate of drug-likeness (QED) is 0.0737. The van der Waals surface area contributed by atoms with E-state index in [2.05, 4.69) is 0 Å². The molecule has 0 aromatic carbocycles. The summed E-state index contributed by atoms with van der Waals surface area (Å²) in [5.74, 6) is 0.188. The molecule has 35 heavy (non-hydrogen) atoms. The van der Waals surface area contributed by atoms with Crippen LogP contribution in [0.1, 0.15) is 193 Å². The lowest BCUT2D eigenvalue weighted by atomic mass is 10.0. The van der Waals surface area contributed by atoms with Gasteiger partial charge in [-0.3, -0.25) is 4.79 Å². The number of alkyl halides is 1. The Labute approximate surface area is 225 Å². The fourth-order valence-electron chi connectivity index (χ4n) is 5.14. The number of halogens is 1. The van der Waals surface area contributed by atoms with Gasteiger partial charge in [-0.2, -0.15) is 0 Å². The molecule has 0 aromatic heterocycles. The standard InChI is InChI=1S/C32H63ClO2/c33-31-29-27-25-23-21-19-17-15-13-11-9-7-5-3-1-2-4-6-8-10-12-14-16-18-20-22-24-26-28-30-32(34)35/h1-31H2,(H,34,35). The van der Waals surface area contributed by atoms with Crippen molar-refractivity contribution in [1.82, 2.24) is 0 Å². The van der Waals surface area contributed by atoms with Crippen LogP contribution in [-0.4, -0.2) is 17.0 Å². The Morgan fingerprint density at radius 3 is 0.686 bits per heavy atom. The maximum Gasteiger partial charge on any atom is 0.303 e. The van der Waals surface area contributed by atoms with E-state index in [-0.39, 0.29) is 0 Å². The highest BCUT2D eigenvalue weighted by Gasteiger charge is 1.98. The van der Waals surface area contributed by atoms with Crippen LogP contribution < -0.4 is 0 Å². The van der Waals surface area contributed by atoms with Crippen molar-refractivity contribution >= 4 is 17.6 Å². The normalized spacial score (nSPS) is 11.3. The zero-order valence-electron chi connectivity index (χ0n) is 23.7. The molecule has 1 N–H and O–H groups in total. The highest BCUT2D eigenvalue weighted by molar-refractivity contribution is 6.17. The molecule has 0 rings (SSSR count). The van der Waals surface area contributed by atoms with Gasteiger partial charge in [0.05, 0.1) is 0 Å². The van der Waals surface area contributed by atoms with Gasteiger partial charge in [0.25, 0.3) is 0 Å². The average Bonchev–Trinajstić information content (AvgIpc) is 2.85. The van der Waals surface area contributed by atoms with Crippen molar-refractivity contribution in [2.24, 2.45) is 0 Å². The Balaban J connectivity index is 3.01. The second-order valence-electron chi connectivity index (χ2n) is 11.1. The summed E-state index contributed by atoms with van der Waals surface area (Å²) in [7, 11) is 0. The van der Waals surface area contributed by atoms with E-state index in [0.29, 0.717) is 6.42 Å². The summed E-state index contributed by atoms with van der Waals surface area (Å²) in [6.07, 6.45) is 40.3. The number of hydrogen-bond donors (Lipinski definition) is 1. The van der Waals surface area contributed by atoms with Gasteiger partial charge in [-0.1, -0.05) is 173 Å². The highest BCUT2D eigenvalue weighted by Crippen LogP contribution is 2.16. The van der Waals surface area contributed by atoms with Crippen LogP contribution in [0.4, 0.5) is 0 Å². The summed E-state index contributed by atoms with van der Waals surface area (Å²) in [6, 6.07) is 0. The van der Waals surface area contributed by atoms with Crippen LogP contribution in [0, 0.1) is 0 Å². The minimum atomic E-state index is -0.650. The van der Waals surface area contributed by atoms with Crippen LogP contribution in [0.15, 0.2) is 0 Å². The number of carboxylic acids is 1. The van der Waals surface area contributed by atoms with Crippen LogP contribution in [-0.2, 0) is 4.79 Å². The highest BCUT2D eigenvalue weighted by atomic mass is 35.5. The van der Waals surface area contributed by atoms with Crippen LogP contribution in [0.25, 0.3) is 0 Å². The third kappa shape index (κ3) is 33.8. The van der Waals surface area contributed by atoms with Gasteiger partial charge in [0, 0.05) is 12.3 Å². The first-order valence-corrected chi connectivity index (χ1v) is 16.6. The van der Waals surface area contributed by atoms with Gasteiger partial charge in [0.1, 0.15) is 0 Å². The van der Waals surface area contributed by atoms with Crippen LogP contribution in [0.5, 0.6) is 0 Å². The molecular formula is C32H63ClO2. The monoisotopic (exact) mass is 514 g/mol. The van der Waals surface area contributed by atoms with Crippen molar-refractivity contribution in [3.8, 4) is 0 Å². The fourth-order valence-corrected chi connectivity index (χ4v) is 5.33. The molecule has 0 aliphatic carbocycles. The molecular weight excluding hydrogens is 452 g/mol. The molecule has 0 atom stereocenters. The molecule has 0 spiro atoms. The largest absolute Gasteiger partial charge is 0.481 e. The van der Waals surface area contributed by atoms with Crippen molar-refractivity contribution in [3.63, 3.8) is 0 Å². The maximum absolute atomic E-state index is 10.5. The maximum atomic E-state index is 10.5. The van der Waals surface area contributed by atoms with E-state index in [1.807, 2.05) is 0 Å². The van der Waals surface area contributed by atoms with Crippen molar-refractivity contribution in [2.75, 3.05) is 5.88 Å². The van der Waals surface area contributed by atoms with Crippen LogP contribution in [0.3, 0.4) is 0 Å². The zero-order chi connectivity index (χ0) is 25.5. The smallest absolute Gasteiger partial charge is 0.303 e. The third-order valence-corrected chi connectivity index (χ3v) is 7.79. The minimum absolute atomic E-state index is 0.345. The van der Waals surface area contributed by atoms with Crippen molar-refractivity contribution in [3.05, 3.63) is 0 Å². The third-order valence-electron chi connectivity index (χ3n) is 7.52. The molecule has 3 heteroatoms. The first kappa shape index (κ1) is 34.8. The van der Waals surface area contributed by atoms with Gasteiger partial charge < -0.3 is 5.11 Å². The van der Waals surface area contributed by atoms with Crippen LogP contribution in [0.2, 0.25) is 0 Å². The number of carboxylic acid groups (broad SMARTS) is 1. The summed E-state index contributed by atoms with van der Waals surface area (Å²) < 4.78 is 0. The predicted molar refractivity (Wildman–Crippen MR) is 157 cm³/mol. The first-order chi connectivity index (χ1) is 17.3. The van der Waals surface area contributed by atoms with Gasteiger partial charge in [-0.05, 0) is 12.8 Å². The van der Waals surface area contributed by atoms with E-state index in [9.17, 15) is 4.79 Å². The lowest BCUT2D eigenvalue weighted by Gasteiger charge is -2.04. The lowest BCUT2D eigenvalue weighted by molar-refractivity contribution is -0.137. The van der Waals surface area contributed by atoms with Gasteiger partial charge >= 0.3 is 5.97 Å². The Morgan fingerprint density at radius 1 is 0.343 bits per heavy atom. The van der Waals surface area contributed by atoms with E-state index < -0.39 is 5.97 Å². The van der Waals surface area contributed by atoms with Crippen molar-refractivity contribution in [2.45, 2.75) is 193 Å². The molecule has 210 valence electrons. The Hall–Kier alpha value is -0.240. The topological polar surface area (TPSA) is 37.3 Å². The predicted octanol–water partition coefficient (Wildman–Crippen LogP) is 12.0. The Kier molecular flexibility index (Phi) is 31.6. The number of unbranched alkanes of at least 4 members (excludes halogenated alkanes) is 28. The van der Waals surface area contributed by atoms with E-state index in [4.69, 9.17) is 16.7 Å². The van der Waals surface area contributed by atoms with Gasteiger partial charge in [-0.25, -0.2) is 0 Å². The van der Waals surface area contributed by atoms with E-state index in [1.165, 1.54) is 173 Å². The van der Waals surface area contributed by atoms with E-state index >= 15 is 0 Å². The molecule has 0 aliphatic heterocycles. The second-order valence-corrected chi connectivity index (χ2v) is 11.5. The number of hydrogen-bond acceptors (Lipinski definition) is 1. The number of aliphatic carboxylic acids is 1. The molecule has 0 radical (unpaired) electrons. The molecule has 0 bridgehead atoms. The lowest BCUT2D eigenvalue weighted by Crippen LogP contribution is -1.93. The summed E-state index contributed by atoms with van der Waals surface area (Å²) >= 11 is 5.71. The molecule has 0 amide bonds. The second kappa shape index (κ2) is 31.8. The molecule has 0 fully saturated rings. The summed E-state index contributed by atoms with van der Waals surface area (Å²) in [5.41, 5.74) is 0. The molecule has 0 saturated heterocycles.